The molecule has 0 radical (unpaired) electrons. The van der Waals surface area contributed by atoms with Gasteiger partial charge in [0.15, 0.2) is 0 Å². The molecule has 1 atom stereocenters. The molecule has 1 fully saturated rings. The number of hydrogen-bond donors (Lipinski definition) is 1. The van der Waals surface area contributed by atoms with Gasteiger partial charge in [-0.3, -0.25) is 0 Å². The van der Waals surface area contributed by atoms with Crippen molar-refractivity contribution in [3.63, 3.8) is 0 Å². The van der Waals surface area contributed by atoms with Crippen molar-refractivity contribution < 1.29 is 18.9 Å². The van der Waals surface area contributed by atoms with Gasteiger partial charge in [-0.25, -0.2) is 0 Å². The number of ether oxygens (including phenoxy) is 4. The van der Waals surface area contributed by atoms with Crippen molar-refractivity contribution in [3.8, 4) is 11.8 Å². The van der Waals surface area contributed by atoms with Gasteiger partial charge >= 0.3 is 0 Å². The Morgan fingerprint density at radius 3 is 2.65 bits per heavy atom. The van der Waals surface area contributed by atoms with E-state index < -0.39 is 0 Å². The van der Waals surface area contributed by atoms with Crippen LogP contribution in [-0.4, -0.2) is 45.7 Å². The Hall–Kier alpha value is -1.74. The Morgan fingerprint density at radius 2 is 2.04 bits per heavy atom. The molecule has 1 saturated carbocycles. The molecule has 0 aromatic heterocycles. The first-order chi connectivity index (χ1) is 11.1. The van der Waals surface area contributed by atoms with Crippen LogP contribution in [0.3, 0.4) is 0 Å². The zero-order chi connectivity index (χ0) is 17.1. The van der Waals surface area contributed by atoms with Crippen molar-refractivity contribution >= 4 is 0 Å². The second-order valence-electron chi connectivity index (χ2n) is 5.38. The van der Waals surface area contributed by atoms with Gasteiger partial charge in [0.05, 0.1) is 18.8 Å². The van der Waals surface area contributed by atoms with Crippen LogP contribution in [0.4, 0.5) is 0 Å². The minimum absolute atomic E-state index is 0.0247. The summed E-state index contributed by atoms with van der Waals surface area (Å²) < 4.78 is 21.4. The molecule has 5 nitrogen and oxygen atoms in total. The van der Waals surface area contributed by atoms with E-state index >= 15 is 0 Å². The molecule has 0 aliphatic heterocycles. The Morgan fingerprint density at radius 1 is 1.30 bits per heavy atom. The summed E-state index contributed by atoms with van der Waals surface area (Å²) in [7, 11) is 3.35. The van der Waals surface area contributed by atoms with E-state index in [4.69, 9.17) is 24.7 Å². The molecule has 0 aromatic carbocycles. The minimum Gasteiger partial charge on any atom is -0.489 e. The number of rotatable bonds is 9. The molecule has 1 aliphatic carbocycles. The lowest BCUT2D eigenvalue weighted by Crippen LogP contribution is -2.36. The van der Waals surface area contributed by atoms with Crippen LogP contribution in [0.15, 0.2) is 36.3 Å². The van der Waals surface area contributed by atoms with Crippen LogP contribution < -0.4 is 5.73 Å². The molecule has 1 rings (SSSR count). The topological polar surface area (TPSA) is 62.9 Å². The van der Waals surface area contributed by atoms with E-state index in [2.05, 4.69) is 18.4 Å². The first-order valence-electron chi connectivity index (χ1n) is 7.66. The van der Waals surface area contributed by atoms with Crippen LogP contribution in [0.1, 0.15) is 19.8 Å². The Labute approximate surface area is 139 Å². The first-order valence-corrected chi connectivity index (χ1v) is 7.66. The smallest absolute Gasteiger partial charge is 0.135 e. The van der Waals surface area contributed by atoms with Crippen LogP contribution in [0.5, 0.6) is 0 Å². The maximum absolute atomic E-state index is 5.74. The molecule has 0 heterocycles. The molecule has 0 amide bonds. The quantitative estimate of drug-likeness (QED) is 0.400. The lowest BCUT2D eigenvalue weighted by molar-refractivity contribution is -0.0617. The molecular formula is C18H27NO4. The maximum Gasteiger partial charge on any atom is 0.135 e. The van der Waals surface area contributed by atoms with Gasteiger partial charge in [-0.2, -0.15) is 0 Å². The molecule has 2 N–H and O–H groups in total. The number of allylic oxidation sites excluding steroid dienone is 3. The molecule has 128 valence electrons. The fourth-order valence-electron chi connectivity index (χ4n) is 1.97. The Bertz CT molecular complexity index is 481. The third-order valence-corrected chi connectivity index (χ3v) is 3.39. The molecule has 5 heteroatoms. The molecule has 0 bridgehead atoms. The summed E-state index contributed by atoms with van der Waals surface area (Å²) in [6.45, 7) is 6.70. The van der Waals surface area contributed by atoms with Crippen molar-refractivity contribution in [2.75, 3.05) is 27.4 Å². The van der Waals surface area contributed by atoms with Gasteiger partial charge < -0.3 is 24.7 Å². The van der Waals surface area contributed by atoms with E-state index in [1.807, 2.05) is 6.92 Å². The van der Waals surface area contributed by atoms with Crippen LogP contribution in [-0.2, 0) is 18.9 Å². The lowest BCUT2D eigenvalue weighted by atomic mass is 9.92. The Balaban J connectivity index is 2.30. The highest BCUT2D eigenvalue weighted by molar-refractivity contribution is 5.37. The van der Waals surface area contributed by atoms with Crippen molar-refractivity contribution in [1.82, 2.24) is 0 Å². The molecular weight excluding hydrogens is 294 g/mol. The van der Waals surface area contributed by atoms with Crippen molar-refractivity contribution in [2.45, 2.75) is 38.1 Å². The van der Waals surface area contributed by atoms with Crippen molar-refractivity contribution in [1.29, 1.82) is 0 Å². The minimum atomic E-state index is 0.0247. The highest BCUT2D eigenvalue weighted by Crippen LogP contribution is 2.27. The summed E-state index contributed by atoms with van der Waals surface area (Å²) in [6, 6.07) is 0. The number of hydrogen-bond acceptors (Lipinski definition) is 5. The average Bonchev–Trinajstić information content (AvgIpc) is 2.50. The molecule has 0 aromatic rings. The van der Waals surface area contributed by atoms with E-state index in [9.17, 15) is 0 Å². The first kappa shape index (κ1) is 19.3. The summed E-state index contributed by atoms with van der Waals surface area (Å²) in [5.41, 5.74) is 6.24. The average molecular weight is 321 g/mol. The monoisotopic (exact) mass is 321 g/mol. The van der Waals surface area contributed by atoms with Crippen molar-refractivity contribution in [3.05, 3.63) is 36.3 Å². The molecule has 0 saturated heterocycles. The van der Waals surface area contributed by atoms with E-state index in [0.29, 0.717) is 30.6 Å². The fourth-order valence-corrected chi connectivity index (χ4v) is 1.97. The number of methoxy groups -OCH3 is 2. The van der Waals surface area contributed by atoms with Gasteiger partial charge in [0, 0.05) is 38.8 Å². The zero-order valence-corrected chi connectivity index (χ0v) is 14.2. The second kappa shape index (κ2) is 10.9. The molecule has 1 unspecified atom stereocenters. The predicted molar refractivity (Wildman–Crippen MR) is 90.5 cm³/mol. The second-order valence-corrected chi connectivity index (χ2v) is 5.38. The van der Waals surface area contributed by atoms with Crippen LogP contribution in [0.2, 0.25) is 0 Å². The van der Waals surface area contributed by atoms with E-state index in [0.717, 1.165) is 12.8 Å². The maximum atomic E-state index is 5.74. The third kappa shape index (κ3) is 7.89. The number of nitrogens with two attached hydrogens (primary N) is 1. The van der Waals surface area contributed by atoms with E-state index in [-0.39, 0.29) is 12.2 Å². The van der Waals surface area contributed by atoms with Gasteiger partial charge in [-0.1, -0.05) is 18.4 Å². The van der Waals surface area contributed by atoms with Crippen LogP contribution >= 0.6 is 0 Å². The SMILES string of the molecule is C=C(C#CCOC(C)COC)/C=C\C(=C/N)OC1CC(OC)C1. The van der Waals surface area contributed by atoms with Gasteiger partial charge in [0.25, 0.3) is 0 Å². The summed E-state index contributed by atoms with van der Waals surface area (Å²) in [4.78, 5) is 0. The lowest BCUT2D eigenvalue weighted by Gasteiger charge is -2.34. The summed E-state index contributed by atoms with van der Waals surface area (Å²) in [6.07, 6.45) is 7.24. The largest absolute Gasteiger partial charge is 0.489 e. The molecule has 0 spiro atoms. The Kier molecular flexibility index (Phi) is 9.15. The third-order valence-electron chi connectivity index (χ3n) is 3.39. The van der Waals surface area contributed by atoms with Gasteiger partial charge in [-0.05, 0) is 19.1 Å². The van der Waals surface area contributed by atoms with Crippen LogP contribution in [0.25, 0.3) is 0 Å². The standard InChI is InChI=1S/C18H27NO4/c1-14(6-5-9-22-15(2)13-20-3)7-8-16(12-19)23-18-10-17(11-18)21-4/h7-8,12,15,17-18H,1,9-11,13,19H2,2-4H3/b8-7-,16-12+. The molecule has 1 aliphatic rings. The summed E-state index contributed by atoms with van der Waals surface area (Å²) in [5.74, 6) is 6.43. The fraction of sp³-hybridized carbons (Fsp3) is 0.556. The predicted octanol–water partition coefficient (Wildman–Crippen LogP) is 2.15. The van der Waals surface area contributed by atoms with Gasteiger partial charge in [-0.15, -0.1) is 0 Å². The molecule has 23 heavy (non-hydrogen) atoms. The van der Waals surface area contributed by atoms with E-state index in [1.165, 1.54) is 6.20 Å². The zero-order valence-electron chi connectivity index (χ0n) is 14.2. The summed E-state index contributed by atoms with van der Waals surface area (Å²) in [5, 5.41) is 0. The van der Waals surface area contributed by atoms with Crippen molar-refractivity contribution in [2.24, 2.45) is 5.73 Å². The van der Waals surface area contributed by atoms with Gasteiger partial charge in [0.2, 0.25) is 0 Å². The highest BCUT2D eigenvalue weighted by atomic mass is 16.5. The highest BCUT2D eigenvalue weighted by Gasteiger charge is 2.30. The normalized spacial score (nSPS) is 22.1. The van der Waals surface area contributed by atoms with Gasteiger partial charge in [0.1, 0.15) is 18.5 Å². The van der Waals surface area contributed by atoms with Crippen LogP contribution in [0, 0.1) is 11.8 Å². The van der Waals surface area contributed by atoms with E-state index in [1.54, 1.807) is 26.4 Å². The summed E-state index contributed by atoms with van der Waals surface area (Å²) >= 11 is 0.